The van der Waals surface area contributed by atoms with Crippen LogP contribution in [-0.4, -0.2) is 22.4 Å². The summed E-state index contributed by atoms with van der Waals surface area (Å²) in [6, 6.07) is 1.87. The number of hydrogen-bond acceptors (Lipinski definition) is 3. The van der Waals surface area contributed by atoms with Crippen molar-refractivity contribution in [2.75, 3.05) is 17.7 Å². The van der Waals surface area contributed by atoms with Gasteiger partial charge in [-0.05, 0) is 24.8 Å². The molecule has 1 rings (SSSR count). The summed E-state index contributed by atoms with van der Waals surface area (Å²) < 4.78 is 0. The summed E-state index contributed by atoms with van der Waals surface area (Å²) in [5.74, 6) is 2.23. The van der Waals surface area contributed by atoms with Crippen molar-refractivity contribution in [3.05, 3.63) is 18.6 Å². The van der Waals surface area contributed by atoms with Crippen LogP contribution in [0.2, 0.25) is 0 Å². The predicted octanol–water partition coefficient (Wildman–Crippen LogP) is 2.54. The van der Waals surface area contributed by atoms with Crippen LogP contribution in [0.15, 0.2) is 18.6 Å². The molecule has 1 N–H and O–H groups in total. The number of anilines is 1. The van der Waals surface area contributed by atoms with Crippen molar-refractivity contribution in [2.24, 2.45) is 5.92 Å². The lowest BCUT2D eigenvalue weighted by Crippen LogP contribution is -2.05. The minimum Gasteiger partial charge on any atom is -0.370 e. The van der Waals surface area contributed by atoms with E-state index >= 15 is 0 Å². The Hall–Kier alpha value is -0.830. The van der Waals surface area contributed by atoms with Crippen molar-refractivity contribution in [2.45, 2.75) is 19.8 Å². The molecule has 0 bridgehead atoms. The molecule has 0 saturated carbocycles. The van der Waals surface area contributed by atoms with Crippen molar-refractivity contribution in [1.29, 1.82) is 0 Å². The van der Waals surface area contributed by atoms with Gasteiger partial charge in [0.15, 0.2) is 0 Å². The van der Waals surface area contributed by atoms with Crippen molar-refractivity contribution in [3.63, 3.8) is 0 Å². The first-order valence-electron chi connectivity index (χ1n) is 4.88. The van der Waals surface area contributed by atoms with Crippen molar-refractivity contribution in [3.8, 4) is 0 Å². The summed E-state index contributed by atoms with van der Waals surface area (Å²) in [5, 5.41) is 3.23. The van der Waals surface area contributed by atoms with Crippen LogP contribution in [0.25, 0.3) is 0 Å². The van der Waals surface area contributed by atoms with E-state index in [9.17, 15) is 0 Å². The van der Waals surface area contributed by atoms with Gasteiger partial charge in [0.1, 0.15) is 12.1 Å². The Balaban J connectivity index is 2.10. The lowest BCUT2D eigenvalue weighted by molar-refractivity contribution is 0.572. The molecule has 0 saturated heterocycles. The van der Waals surface area contributed by atoms with Gasteiger partial charge in [-0.3, -0.25) is 0 Å². The lowest BCUT2D eigenvalue weighted by Gasteiger charge is -2.07. The minimum absolute atomic E-state index is 0.601. The molecule has 1 atom stereocenters. The van der Waals surface area contributed by atoms with Gasteiger partial charge < -0.3 is 5.32 Å². The van der Waals surface area contributed by atoms with Crippen LogP contribution >= 0.6 is 11.6 Å². The Bertz CT molecular complexity index is 240. The second-order valence-corrected chi connectivity index (χ2v) is 3.73. The number of alkyl halides is 1. The second-order valence-electron chi connectivity index (χ2n) is 3.42. The zero-order valence-corrected chi connectivity index (χ0v) is 9.17. The van der Waals surface area contributed by atoms with Crippen LogP contribution in [0.3, 0.4) is 0 Å². The molecule has 0 radical (unpaired) electrons. The predicted molar refractivity (Wildman–Crippen MR) is 59.6 cm³/mol. The van der Waals surface area contributed by atoms with Crippen molar-refractivity contribution in [1.82, 2.24) is 9.97 Å². The SMILES string of the molecule is CC(CCl)CCCNc1ccncn1. The van der Waals surface area contributed by atoms with Crippen LogP contribution < -0.4 is 5.32 Å². The molecule has 1 aromatic heterocycles. The molecule has 1 heterocycles. The summed E-state index contributed by atoms with van der Waals surface area (Å²) in [4.78, 5) is 7.91. The molecule has 0 fully saturated rings. The maximum absolute atomic E-state index is 5.71. The van der Waals surface area contributed by atoms with Gasteiger partial charge in [-0.25, -0.2) is 9.97 Å². The van der Waals surface area contributed by atoms with Gasteiger partial charge >= 0.3 is 0 Å². The molecular formula is C10H16ClN3. The second kappa shape index (κ2) is 6.60. The molecule has 0 aliphatic carbocycles. The molecule has 4 heteroatoms. The molecule has 1 unspecified atom stereocenters. The fourth-order valence-corrected chi connectivity index (χ4v) is 1.29. The maximum atomic E-state index is 5.71. The minimum atomic E-state index is 0.601. The Morgan fingerprint density at radius 1 is 1.57 bits per heavy atom. The van der Waals surface area contributed by atoms with Crippen LogP contribution in [-0.2, 0) is 0 Å². The van der Waals surface area contributed by atoms with Crippen molar-refractivity contribution >= 4 is 17.4 Å². The highest BCUT2D eigenvalue weighted by Gasteiger charge is 1.99. The highest BCUT2D eigenvalue weighted by atomic mass is 35.5. The zero-order valence-electron chi connectivity index (χ0n) is 8.41. The number of halogens is 1. The molecule has 78 valence electrons. The summed E-state index contributed by atoms with van der Waals surface area (Å²) >= 11 is 5.71. The maximum Gasteiger partial charge on any atom is 0.129 e. The van der Waals surface area contributed by atoms with E-state index in [0.29, 0.717) is 5.92 Å². The third kappa shape index (κ3) is 4.42. The molecule has 0 aliphatic rings. The van der Waals surface area contributed by atoms with E-state index in [2.05, 4.69) is 22.2 Å². The van der Waals surface area contributed by atoms with Crippen LogP contribution in [0.5, 0.6) is 0 Å². The van der Waals surface area contributed by atoms with Gasteiger partial charge in [0.2, 0.25) is 0 Å². The number of rotatable bonds is 6. The molecule has 0 spiro atoms. The fourth-order valence-electron chi connectivity index (χ4n) is 1.14. The first-order chi connectivity index (χ1) is 6.83. The molecule has 14 heavy (non-hydrogen) atoms. The summed E-state index contributed by atoms with van der Waals surface area (Å²) in [5.41, 5.74) is 0. The molecule has 0 amide bonds. The van der Waals surface area contributed by atoms with Gasteiger partial charge in [-0.15, -0.1) is 11.6 Å². The third-order valence-corrected chi connectivity index (χ3v) is 2.55. The average Bonchev–Trinajstić information content (AvgIpc) is 2.25. The van der Waals surface area contributed by atoms with E-state index in [4.69, 9.17) is 11.6 Å². The largest absolute Gasteiger partial charge is 0.370 e. The van der Waals surface area contributed by atoms with Gasteiger partial charge in [-0.1, -0.05) is 6.92 Å². The number of hydrogen-bond donors (Lipinski definition) is 1. The van der Waals surface area contributed by atoms with Gasteiger partial charge in [0.25, 0.3) is 0 Å². The van der Waals surface area contributed by atoms with Gasteiger partial charge in [0, 0.05) is 18.6 Å². The van der Waals surface area contributed by atoms with E-state index in [0.717, 1.165) is 31.1 Å². The molecule has 3 nitrogen and oxygen atoms in total. The smallest absolute Gasteiger partial charge is 0.129 e. The zero-order chi connectivity index (χ0) is 10.2. The monoisotopic (exact) mass is 213 g/mol. The van der Waals surface area contributed by atoms with Crippen molar-refractivity contribution < 1.29 is 0 Å². The Kier molecular flexibility index (Phi) is 5.30. The number of nitrogens with one attached hydrogen (secondary N) is 1. The average molecular weight is 214 g/mol. The lowest BCUT2D eigenvalue weighted by atomic mass is 10.1. The third-order valence-electron chi connectivity index (χ3n) is 2.03. The molecule has 0 aliphatic heterocycles. The summed E-state index contributed by atoms with van der Waals surface area (Å²) in [6.07, 6.45) is 5.56. The summed E-state index contributed by atoms with van der Waals surface area (Å²) in [6.45, 7) is 3.11. The Morgan fingerprint density at radius 2 is 2.43 bits per heavy atom. The van der Waals surface area contributed by atoms with Gasteiger partial charge in [0.05, 0.1) is 0 Å². The Morgan fingerprint density at radius 3 is 3.07 bits per heavy atom. The molecular weight excluding hydrogens is 198 g/mol. The van der Waals surface area contributed by atoms with E-state index in [1.54, 1.807) is 12.5 Å². The highest BCUT2D eigenvalue weighted by Crippen LogP contribution is 2.07. The first-order valence-corrected chi connectivity index (χ1v) is 5.42. The van der Waals surface area contributed by atoms with Crippen LogP contribution in [0, 0.1) is 5.92 Å². The van der Waals surface area contributed by atoms with E-state index in [1.165, 1.54) is 0 Å². The normalized spacial score (nSPS) is 12.4. The van der Waals surface area contributed by atoms with E-state index < -0.39 is 0 Å². The quantitative estimate of drug-likeness (QED) is 0.583. The summed E-state index contributed by atoms with van der Waals surface area (Å²) in [7, 11) is 0. The van der Waals surface area contributed by atoms with E-state index in [1.807, 2.05) is 6.07 Å². The number of nitrogens with zero attached hydrogens (tertiary/aromatic N) is 2. The fraction of sp³-hybridized carbons (Fsp3) is 0.600. The standard InChI is InChI=1S/C10H16ClN3/c1-9(7-11)3-2-5-13-10-4-6-12-8-14-10/h4,6,8-9H,2-3,5,7H2,1H3,(H,12,13,14). The highest BCUT2D eigenvalue weighted by molar-refractivity contribution is 6.18. The van der Waals surface area contributed by atoms with Crippen LogP contribution in [0.1, 0.15) is 19.8 Å². The topological polar surface area (TPSA) is 37.8 Å². The van der Waals surface area contributed by atoms with Gasteiger partial charge in [-0.2, -0.15) is 0 Å². The van der Waals surface area contributed by atoms with Crippen LogP contribution in [0.4, 0.5) is 5.82 Å². The molecule has 0 aromatic carbocycles. The molecule has 1 aromatic rings. The number of aromatic nitrogens is 2. The first kappa shape index (κ1) is 11.2. The Labute approximate surface area is 89.9 Å². The van der Waals surface area contributed by atoms with E-state index in [-0.39, 0.29) is 0 Å².